The smallest absolute Gasteiger partial charge is 0.251 e. The molecule has 0 aromatic carbocycles. The molecule has 0 aliphatic heterocycles. The van der Waals surface area contributed by atoms with Crippen LogP contribution in [-0.2, 0) is 6.54 Å². The summed E-state index contributed by atoms with van der Waals surface area (Å²) in [4.78, 5) is 20.4. The maximum Gasteiger partial charge on any atom is 0.251 e. The summed E-state index contributed by atoms with van der Waals surface area (Å²) in [6, 6.07) is 5.22. The van der Waals surface area contributed by atoms with Gasteiger partial charge >= 0.3 is 0 Å². The maximum atomic E-state index is 11.8. The number of hydrogen-bond donors (Lipinski definition) is 1. The van der Waals surface area contributed by atoms with Crippen LogP contribution in [0.1, 0.15) is 24.7 Å². The van der Waals surface area contributed by atoms with Crippen LogP contribution in [0, 0.1) is 6.92 Å². The summed E-state index contributed by atoms with van der Waals surface area (Å²) in [7, 11) is 0. The number of aromatic nitrogens is 3. The number of nitrogens with one attached hydrogen (secondary N) is 1. The molecule has 0 radical (unpaired) electrons. The Morgan fingerprint density at radius 3 is 2.74 bits per heavy atom. The molecular formula is C14H18N4O. The third-order valence-electron chi connectivity index (χ3n) is 2.85. The van der Waals surface area contributed by atoms with Crippen molar-refractivity contribution in [1.29, 1.82) is 0 Å². The van der Waals surface area contributed by atoms with Crippen molar-refractivity contribution in [2.45, 2.75) is 26.8 Å². The highest BCUT2D eigenvalue weighted by atomic mass is 16.1. The summed E-state index contributed by atoms with van der Waals surface area (Å²) in [5, 5.41) is 3.17. The van der Waals surface area contributed by atoms with E-state index in [0.29, 0.717) is 6.54 Å². The lowest BCUT2D eigenvalue weighted by Gasteiger charge is -2.09. The van der Waals surface area contributed by atoms with Gasteiger partial charge in [0, 0.05) is 18.3 Å². The minimum absolute atomic E-state index is 0.0185. The van der Waals surface area contributed by atoms with Crippen molar-refractivity contribution >= 4 is 5.82 Å². The maximum absolute atomic E-state index is 11.8. The van der Waals surface area contributed by atoms with Gasteiger partial charge in [-0.15, -0.1) is 0 Å². The van der Waals surface area contributed by atoms with Gasteiger partial charge in [-0.3, -0.25) is 9.78 Å². The van der Waals surface area contributed by atoms with E-state index >= 15 is 0 Å². The van der Waals surface area contributed by atoms with E-state index in [1.165, 1.54) is 0 Å². The Hall–Kier alpha value is -2.17. The molecule has 0 saturated heterocycles. The fourth-order valence-electron chi connectivity index (χ4n) is 1.77. The first kappa shape index (κ1) is 13.3. The fourth-order valence-corrected chi connectivity index (χ4v) is 1.77. The lowest BCUT2D eigenvalue weighted by Crippen LogP contribution is -2.22. The van der Waals surface area contributed by atoms with Crippen LogP contribution in [0.5, 0.6) is 0 Å². The topological polar surface area (TPSA) is 59.8 Å². The molecule has 2 aromatic rings. The summed E-state index contributed by atoms with van der Waals surface area (Å²) < 4.78 is 1.68. The van der Waals surface area contributed by atoms with Gasteiger partial charge in [0.15, 0.2) is 0 Å². The van der Waals surface area contributed by atoms with Gasteiger partial charge in [0.25, 0.3) is 5.56 Å². The predicted octanol–water partition coefficient (Wildman–Crippen LogP) is 1.82. The van der Waals surface area contributed by atoms with Gasteiger partial charge in [0.1, 0.15) is 5.82 Å². The van der Waals surface area contributed by atoms with Crippen molar-refractivity contribution in [3.63, 3.8) is 0 Å². The Morgan fingerprint density at radius 1 is 1.26 bits per heavy atom. The van der Waals surface area contributed by atoms with Gasteiger partial charge in [0.2, 0.25) is 0 Å². The number of nitrogens with zero attached hydrogens (tertiary/aromatic N) is 3. The van der Waals surface area contributed by atoms with Gasteiger partial charge in [0.05, 0.1) is 24.6 Å². The van der Waals surface area contributed by atoms with Crippen LogP contribution in [-0.4, -0.2) is 21.1 Å². The van der Waals surface area contributed by atoms with E-state index in [2.05, 4.69) is 22.2 Å². The minimum Gasteiger partial charge on any atom is -0.369 e. The van der Waals surface area contributed by atoms with Crippen LogP contribution in [0.2, 0.25) is 0 Å². The molecule has 0 aliphatic carbocycles. The van der Waals surface area contributed by atoms with Crippen molar-refractivity contribution in [2.75, 3.05) is 11.9 Å². The second kappa shape index (κ2) is 6.13. The lowest BCUT2D eigenvalue weighted by molar-refractivity contribution is 0.709. The largest absolute Gasteiger partial charge is 0.369 e. The first-order chi connectivity index (χ1) is 9.20. The van der Waals surface area contributed by atoms with Gasteiger partial charge in [-0.25, -0.2) is 4.98 Å². The molecule has 0 atom stereocenters. The Bertz CT molecular complexity index is 589. The third-order valence-corrected chi connectivity index (χ3v) is 2.85. The Morgan fingerprint density at radius 2 is 2.11 bits per heavy atom. The van der Waals surface area contributed by atoms with Gasteiger partial charge < -0.3 is 9.88 Å². The van der Waals surface area contributed by atoms with Crippen LogP contribution in [0.25, 0.3) is 0 Å². The second-order valence-corrected chi connectivity index (χ2v) is 4.41. The molecule has 0 unspecified atom stereocenters. The van der Waals surface area contributed by atoms with Crippen molar-refractivity contribution < 1.29 is 0 Å². The molecule has 0 fully saturated rings. The summed E-state index contributed by atoms with van der Waals surface area (Å²) >= 11 is 0. The molecule has 0 bridgehead atoms. The fraction of sp³-hybridized carbons (Fsp3) is 0.357. The van der Waals surface area contributed by atoms with Crippen molar-refractivity contribution in [1.82, 2.24) is 14.5 Å². The van der Waals surface area contributed by atoms with Crippen LogP contribution >= 0.6 is 0 Å². The SMILES string of the molecule is CCCNc1cnc(Cn2c(C)cccc2=O)cn1. The molecule has 0 aliphatic rings. The molecule has 0 amide bonds. The zero-order chi connectivity index (χ0) is 13.7. The van der Waals surface area contributed by atoms with Gasteiger partial charge in [-0.2, -0.15) is 0 Å². The van der Waals surface area contributed by atoms with Gasteiger partial charge in [-0.1, -0.05) is 13.0 Å². The normalized spacial score (nSPS) is 10.4. The zero-order valence-corrected chi connectivity index (χ0v) is 11.3. The summed E-state index contributed by atoms with van der Waals surface area (Å²) in [6.45, 7) is 5.34. The van der Waals surface area contributed by atoms with E-state index in [4.69, 9.17) is 0 Å². The first-order valence-corrected chi connectivity index (χ1v) is 6.42. The highest BCUT2D eigenvalue weighted by Crippen LogP contribution is 2.03. The first-order valence-electron chi connectivity index (χ1n) is 6.42. The van der Waals surface area contributed by atoms with Crippen LogP contribution in [0.3, 0.4) is 0 Å². The third kappa shape index (κ3) is 3.40. The Labute approximate surface area is 112 Å². The lowest BCUT2D eigenvalue weighted by atomic mass is 10.3. The molecule has 5 heteroatoms. The monoisotopic (exact) mass is 258 g/mol. The van der Waals surface area contributed by atoms with E-state index in [1.807, 2.05) is 13.0 Å². The van der Waals surface area contributed by atoms with E-state index in [1.54, 1.807) is 29.1 Å². The highest BCUT2D eigenvalue weighted by molar-refractivity contribution is 5.30. The number of aryl methyl sites for hydroxylation is 1. The molecule has 0 spiro atoms. The molecule has 2 rings (SSSR count). The Kier molecular flexibility index (Phi) is 4.28. The quantitative estimate of drug-likeness (QED) is 0.888. The molecule has 0 saturated carbocycles. The standard InChI is InChI=1S/C14H18N4O/c1-3-7-15-13-9-16-12(8-17-13)10-18-11(2)5-4-6-14(18)19/h4-6,8-9H,3,7,10H2,1-2H3,(H,15,17). The van der Waals surface area contributed by atoms with Crippen molar-refractivity contribution in [3.05, 3.63) is 52.3 Å². The summed E-state index contributed by atoms with van der Waals surface area (Å²) in [6.07, 6.45) is 4.45. The van der Waals surface area contributed by atoms with Gasteiger partial charge in [-0.05, 0) is 19.4 Å². The number of hydrogen-bond acceptors (Lipinski definition) is 4. The molecule has 100 valence electrons. The minimum atomic E-state index is -0.0185. The average molecular weight is 258 g/mol. The molecule has 2 heterocycles. The Balaban J connectivity index is 2.13. The number of pyridine rings is 1. The van der Waals surface area contributed by atoms with E-state index in [0.717, 1.165) is 30.2 Å². The van der Waals surface area contributed by atoms with Crippen molar-refractivity contribution in [3.8, 4) is 0 Å². The average Bonchev–Trinajstić information content (AvgIpc) is 2.42. The van der Waals surface area contributed by atoms with Crippen LogP contribution in [0.15, 0.2) is 35.4 Å². The molecule has 1 N–H and O–H groups in total. The molecule has 5 nitrogen and oxygen atoms in total. The summed E-state index contributed by atoms with van der Waals surface area (Å²) in [5.74, 6) is 0.766. The predicted molar refractivity (Wildman–Crippen MR) is 75.4 cm³/mol. The molecular weight excluding hydrogens is 240 g/mol. The van der Waals surface area contributed by atoms with Crippen molar-refractivity contribution in [2.24, 2.45) is 0 Å². The highest BCUT2D eigenvalue weighted by Gasteiger charge is 2.02. The molecule has 19 heavy (non-hydrogen) atoms. The van der Waals surface area contributed by atoms with E-state index in [-0.39, 0.29) is 5.56 Å². The van der Waals surface area contributed by atoms with Crippen LogP contribution < -0.4 is 10.9 Å². The number of rotatable bonds is 5. The second-order valence-electron chi connectivity index (χ2n) is 4.41. The van der Waals surface area contributed by atoms with E-state index < -0.39 is 0 Å². The van der Waals surface area contributed by atoms with Crippen LogP contribution in [0.4, 0.5) is 5.82 Å². The zero-order valence-electron chi connectivity index (χ0n) is 11.3. The number of anilines is 1. The van der Waals surface area contributed by atoms with E-state index in [9.17, 15) is 4.79 Å². The summed E-state index contributed by atoms with van der Waals surface area (Å²) in [5.41, 5.74) is 1.68. The molecule has 2 aromatic heterocycles.